The van der Waals surface area contributed by atoms with Gasteiger partial charge in [-0.15, -0.1) is 0 Å². The number of carbonyl (C=O) groups is 2. The van der Waals surface area contributed by atoms with Crippen LogP contribution in [0.3, 0.4) is 0 Å². The van der Waals surface area contributed by atoms with E-state index in [1.165, 1.54) is 5.56 Å². The molecule has 6 nitrogen and oxygen atoms in total. The third-order valence-corrected chi connectivity index (χ3v) is 4.93. The topological polar surface area (TPSA) is 70.7 Å². The number of likely N-dealkylation sites (N-methyl/N-ethyl adjacent to an activating group) is 1. The molecular weight excluding hydrogens is 354 g/mol. The predicted octanol–water partition coefficient (Wildman–Crippen LogP) is 1.70. The first-order chi connectivity index (χ1) is 13.5. The van der Waals surface area contributed by atoms with E-state index in [0.29, 0.717) is 26.1 Å². The summed E-state index contributed by atoms with van der Waals surface area (Å²) >= 11 is 0. The lowest BCUT2D eigenvalue weighted by Crippen LogP contribution is -2.43. The van der Waals surface area contributed by atoms with Crippen molar-refractivity contribution in [2.45, 2.75) is 18.9 Å². The highest BCUT2D eigenvalue weighted by Crippen LogP contribution is 2.29. The number of carbonyl (C=O) groups excluding carboxylic acids is 2. The van der Waals surface area contributed by atoms with Gasteiger partial charge in [0.25, 0.3) is 0 Å². The van der Waals surface area contributed by atoms with E-state index in [4.69, 9.17) is 4.74 Å². The Morgan fingerprint density at radius 2 is 1.82 bits per heavy atom. The summed E-state index contributed by atoms with van der Waals surface area (Å²) in [6, 6.07) is 15.9. The van der Waals surface area contributed by atoms with Crippen LogP contribution in [-0.2, 0) is 22.4 Å². The van der Waals surface area contributed by atoms with Gasteiger partial charge in [-0.1, -0.05) is 42.5 Å². The van der Waals surface area contributed by atoms with E-state index in [0.717, 1.165) is 23.3 Å². The van der Waals surface area contributed by atoms with Crippen LogP contribution in [0.5, 0.6) is 5.75 Å². The van der Waals surface area contributed by atoms with Crippen LogP contribution in [0.25, 0.3) is 0 Å². The molecule has 0 saturated heterocycles. The molecule has 0 radical (unpaired) electrons. The van der Waals surface area contributed by atoms with E-state index in [-0.39, 0.29) is 6.04 Å². The largest absolute Gasteiger partial charge is 0.493 e. The van der Waals surface area contributed by atoms with Crippen LogP contribution in [0.4, 0.5) is 0 Å². The van der Waals surface area contributed by atoms with Crippen molar-refractivity contribution in [3.8, 4) is 5.75 Å². The van der Waals surface area contributed by atoms with Crippen LogP contribution in [-0.4, -0.2) is 50.5 Å². The zero-order chi connectivity index (χ0) is 19.9. The molecule has 1 aliphatic rings. The molecular formula is C22H27N3O3. The fraction of sp³-hybridized carbons (Fsp3) is 0.364. The Morgan fingerprint density at radius 1 is 1.07 bits per heavy atom. The molecule has 1 aliphatic heterocycles. The van der Waals surface area contributed by atoms with Crippen LogP contribution in [0, 0.1) is 0 Å². The number of hydrogen-bond donors (Lipinski definition) is 2. The molecule has 0 bridgehead atoms. The van der Waals surface area contributed by atoms with Crippen molar-refractivity contribution in [3.63, 3.8) is 0 Å². The molecule has 1 atom stereocenters. The van der Waals surface area contributed by atoms with Gasteiger partial charge in [0, 0.05) is 19.5 Å². The molecule has 2 aromatic rings. The molecule has 2 amide bonds. The van der Waals surface area contributed by atoms with E-state index in [1.54, 1.807) is 0 Å². The highest BCUT2D eigenvalue weighted by Gasteiger charge is 2.21. The van der Waals surface area contributed by atoms with Gasteiger partial charge in [0.15, 0.2) is 0 Å². The predicted molar refractivity (Wildman–Crippen MR) is 108 cm³/mol. The second-order valence-electron chi connectivity index (χ2n) is 7.15. The van der Waals surface area contributed by atoms with Gasteiger partial charge in [-0.25, -0.2) is 0 Å². The quantitative estimate of drug-likeness (QED) is 0.716. The summed E-state index contributed by atoms with van der Waals surface area (Å²) in [5.41, 5.74) is 3.41. The van der Waals surface area contributed by atoms with Crippen molar-refractivity contribution >= 4 is 11.8 Å². The Kier molecular flexibility index (Phi) is 6.66. The maximum atomic E-state index is 12.2. The summed E-state index contributed by atoms with van der Waals surface area (Å²) in [4.78, 5) is 26.3. The average Bonchev–Trinajstić information content (AvgIpc) is 3.16. The van der Waals surface area contributed by atoms with E-state index in [9.17, 15) is 9.59 Å². The lowest BCUT2D eigenvalue weighted by Gasteiger charge is -2.25. The third kappa shape index (κ3) is 5.10. The summed E-state index contributed by atoms with van der Waals surface area (Å²) in [6.45, 7) is 1.50. The van der Waals surface area contributed by atoms with Gasteiger partial charge in [-0.05, 0) is 43.3 Å². The summed E-state index contributed by atoms with van der Waals surface area (Å²) in [5, 5.41) is 5.43. The SMILES string of the molecule is CN(C)C(CNC(=O)C(=O)NCCc1ccccc1)c1ccc2c(c1)CCO2. The highest BCUT2D eigenvalue weighted by atomic mass is 16.5. The minimum Gasteiger partial charge on any atom is -0.493 e. The maximum absolute atomic E-state index is 12.2. The summed E-state index contributed by atoms with van der Waals surface area (Å²) in [5.74, 6) is -0.275. The van der Waals surface area contributed by atoms with Crippen molar-refractivity contribution in [2.24, 2.45) is 0 Å². The molecule has 6 heteroatoms. The number of nitrogens with zero attached hydrogens (tertiary/aromatic N) is 1. The Morgan fingerprint density at radius 3 is 2.57 bits per heavy atom. The zero-order valence-corrected chi connectivity index (χ0v) is 16.4. The molecule has 148 valence electrons. The second kappa shape index (κ2) is 9.37. The standard InChI is InChI=1S/C22H27N3O3/c1-25(2)19(17-8-9-20-18(14-17)11-13-28-20)15-24-22(27)21(26)23-12-10-16-6-4-3-5-7-16/h3-9,14,19H,10-13,15H2,1-2H3,(H,23,26)(H,24,27). The minimum atomic E-state index is -0.607. The lowest BCUT2D eigenvalue weighted by molar-refractivity contribution is -0.139. The number of amides is 2. The molecule has 2 N–H and O–H groups in total. The molecule has 3 rings (SSSR count). The molecule has 1 unspecified atom stereocenters. The molecule has 28 heavy (non-hydrogen) atoms. The van der Waals surface area contributed by atoms with E-state index >= 15 is 0 Å². The van der Waals surface area contributed by atoms with Gasteiger partial charge in [-0.3, -0.25) is 9.59 Å². The molecule has 0 spiro atoms. The first kappa shape index (κ1) is 19.9. The molecule has 0 saturated carbocycles. The molecule has 1 heterocycles. The fourth-order valence-electron chi connectivity index (χ4n) is 3.33. The molecule has 0 fully saturated rings. The van der Waals surface area contributed by atoms with Crippen molar-refractivity contribution in [1.29, 1.82) is 0 Å². The highest BCUT2D eigenvalue weighted by molar-refractivity contribution is 6.35. The first-order valence-electron chi connectivity index (χ1n) is 9.56. The molecule has 0 aliphatic carbocycles. The Balaban J connectivity index is 1.50. The third-order valence-electron chi connectivity index (χ3n) is 4.93. The Bertz CT molecular complexity index is 821. The number of benzene rings is 2. The van der Waals surface area contributed by atoms with Gasteiger partial charge < -0.3 is 20.3 Å². The fourth-order valence-corrected chi connectivity index (χ4v) is 3.33. The van der Waals surface area contributed by atoms with Crippen molar-refractivity contribution in [1.82, 2.24) is 15.5 Å². The zero-order valence-electron chi connectivity index (χ0n) is 16.4. The number of hydrogen-bond acceptors (Lipinski definition) is 4. The Labute approximate surface area is 165 Å². The molecule has 0 aromatic heterocycles. The van der Waals surface area contributed by atoms with E-state index < -0.39 is 11.8 Å². The smallest absolute Gasteiger partial charge is 0.309 e. The van der Waals surface area contributed by atoms with Gasteiger partial charge in [-0.2, -0.15) is 0 Å². The van der Waals surface area contributed by atoms with Gasteiger partial charge >= 0.3 is 11.8 Å². The average molecular weight is 381 g/mol. The van der Waals surface area contributed by atoms with Gasteiger partial charge in [0.2, 0.25) is 0 Å². The molecule has 2 aromatic carbocycles. The second-order valence-corrected chi connectivity index (χ2v) is 7.15. The normalized spacial score (nSPS) is 13.5. The first-order valence-corrected chi connectivity index (χ1v) is 9.56. The van der Waals surface area contributed by atoms with Crippen LogP contribution in [0.2, 0.25) is 0 Å². The lowest BCUT2D eigenvalue weighted by atomic mass is 10.0. The monoisotopic (exact) mass is 381 g/mol. The minimum absolute atomic E-state index is 0.0213. The van der Waals surface area contributed by atoms with Crippen LogP contribution >= 0.6 is 0 Å². The van der Waals surface area contributed by atoms with Crippen LogP contribution in [0.1, 0.15) is 22.7 Å². The number of nitrogens with one attached hydrogen (secondary N) is 2. The summed E-state index contributed by atoms with van der Waals surface area (Å²) in [6.07, 6.45) is 1.59. The van der Waals surface area contributed by atoms with E-state index in [1.807, 2.05) is 61.5 Å². The summed E-state index contributed by atoms with van der Waals surface area (Å²) < 4.78 is 5.56. The van der Waals surface area contributed by atoms with Crippen LogP contribution in [0.15, 0.2) is 48.5 Å². The van der Waals surface area contributed by atoms with Crippen molar-refractivity contribution in [2.75, 3.05) is 33.8 Å². The van der Waals surface area contributed by atoms with Crippen molar-refractivity contribution < 1.29 is 14.3 Å². The Hall–Kier alpha value is -2.86. The maximum Gasteiger partial charge on any atom is 0.309 e. The van der Waals surface area contributed by atoms with Crippen molar-refractivity contribution in [3.05, 3.63) is 65.2 Å². The number of fused-ring (bicyclic) bond motifs is 1. The van der Waals surface area contributed by atoms with Crippen LogP contribution < -0.4 is 15.4 Å². The van der Waals surface area contributed by atoms with Gasteiger partial charge in [0.1, 0.15) is 5.75 Å². The summed E-state index contributed by atoms with van der Waals surface area (Å²) in [7, 11) is 3.92. The van der Waals surface area contributed by atoms with Gasteiger partial charge in [0.05, 0.1) is 12.6 Å². The number of rotatable bonds is 7. The van der Waals surface area contributed by atoms with E-state index in [2.05, 4.69) is 16.7 Å². The number of ether oxygens (including phenoxy) is 1.